The van der Waals surface area contributed by atoms with Crippen molar-refractivity contribution in [2.24, 2.45) is 5.92 Å². The van der Waals surface area contributed by atoms with Gasteiger partial charge in [0, 0.05) is 17.4 Å². The Hall–Kier alpha value is -1.51. The van der Waals surface area contributed by atoms with Gasteiger partial charge in [0.05, 0.1) is 6.10 Å². The van der Waals surface area contributed by atoms with Gasteiger partial charge in [-0.25, -0.2) is 4.39 Å². The normalized spacial score (nSPS) is 27.4. The fourth-order valence-corrected chi connectivity index (χ4v) is 4.72. The highest BCUT2D eigenvalue weighted by atomic mass is 19.1. The first kappa shape index (κ1) is 20.2. The van der Waals surface area contributed by atoms with E-state index in [2.05, 4.69) is 26.8 Å². The Kier molecular flexibility index (Phi) is 5.88. The van der Waals surface area contributed by atoms with E-state index in [0.717, 1.165) is 28.9 Å². The van der Waals surface area contributed by atoms with E-state index in [1.54, 1.807) is 0 Å². The predicted molar refractivity (Wildman–Crippen MR) is 109 cm³/mol. The number of phenols is 1. The van der Waals surface area contributed by atoms with Gasteiger partial charge in [0.15, 0.2) is 0 Å². The second-order valence-electron chi connectivity index (χ2n) is 9.23. The van der Waals surface area contributed by atoms with Gasteiger partial charge in [0.2, 0.25) is 0 Å². The maximum atomic E-state index is 14.2. The van der Waals surface area contributed by atoms with Crippen molar-refractivity contribution < 1.29 is 14.2 Å². The number of halogens is 1. The summed E-state index contributed by atoms with van der Waals surface area (Å²) in [6.45, 7) is 10.6. The van der Waals surface area contributed by atoms with E-state index in [0.29, 0.717) is 12.2 Å². The van der Waals surface area contributed by atoms with E-state index >= 15 is 0 Å². The average Bonchev–Trinajstić information content (AvgIpc) is 2.60. The van der Waals surface area contributed by atoms with Gasteiger partial charge < -0.3 is 9.84 Å². The molecule has 1 aromatic carbocycles. The number of allylic oxidation sites excluding steroid dienone is 2. The van der Waals surface area contributed by atoms with Crippen LogP contribution < -0.4 is 4.74 Å². The van der Waals surface area contributed by atoms with Crippen molar-refractivity contribution in [2.45, 2.75) is 96.8 Å². The van der Waals surface area contributed by atoms with Crippen LogP contribution in [0.5, 0.6) is 11.5 Å². The largest absolute Gasteiger partial charge is 0.507 e. The number of hydrogen-bond donors (Lipinski definition) is 1. The van der Waals surface area contributed by atoms with Crippen LogP contribution in [-0.4, -0.2) is 17.4 Å². The number of fused-ring (bicyclic) bond motifs is 3. The van der Waals surface area contributed by atoms with Crippen molar-refractivity contribution in [3.63, 3.8) is 0 Å². The highest BCUT2D eigenvalue weighted by Crippen LogP contribution is 2.51. The summed E-state index contributed by atoms with van der Waals surface area (Å²) >= 11 is 0. The zero-order chi connectivity index (χ0) is 19.8. The van der Waals surface area contributed by atoms with Gasteiger partial charge in [-0.1, -0.05) is 52.5 Å². The van der Waals surface area contributed by atoms with Crippen LogP contribution in [0.4, 0.5) is 4.39 Å². The molecule has 150 valence electrons. The summed E-state index contributed by atoms with van der Waals surface area (Å²) in [5.41, 5.74) is 2.73. The maximum Gasteiger partial charge on any atom is 0.127 e. The Bertz CT molecular complexity index is 707. The smallest absolute Gasteiger partial charge is 0.127 e. The molecule has 4 atom stereocenters. The number of hydrogen-bond acceptors (Lipinski definition) is 2. The lowest BCUT2D eigenvalue weighted by Gasteiger charge is -2.41. The topological polar surface area (TPSA) is 29.5 Å². The fraction of sp³-hybridized carbons (Fsp3) is 0.667. The Morgan fingerprint density at radius 3 is 2.67 bits per heavy atom. The van der Waals surface area contributed by atoms with Crippen molar-refractivity contribution in [2.75, 3.05) is 0 Å². The molecule has 0 radical (unpaired) electrons. The van der Waals surface area contributed by atoms with Gasteiger partial charge >= 0.3 is 0 Å². The molecule has 1 aliphatic carbocycles. The number of alkyl halides is 1. The van der Waals surface area contributed by atoms with Gasteiger partial charge in [-0.3, -0.25) is 0 Å². The lowest BCUT2D eigenvalue weighted by molar-refractivity contribution is 0.0887. The molecule has 3 rings (SSSR count). The Labute approximate surface area is 163 Å². The standard InChI is InChI=1S/C24H35FO2/c1-6-7-8-9-10-24(4,5)17-12-21(26)23-19-11-15(2)20(25)14-18(19)16(3)27-22(23)13-17/h11-13,16,18-20,26H,6-10,14H2,1-5H3/t16?,18-,19?,20?/m0/s1. The highest BCUT2D eigenvalue weighted by Gasteiger charge is 2.41. The molecule has 0 saturated carbocycles. The van der Waals surface area contributed by atoms with Crippen molar-refractivity contribution in [3.05, 3.63) is 34.9 Å². The molecular weight excluding hydrogens is 339 g/mol. The molecule has 1 N–H and O–H groups in total. The van der Waals surface area contributed by atoms with Gasteiger partial charge in [0.1, 0.15) is 17.7 Å². The zero-order valence-electron chi connectivity index (χ0n) is 17.5. The molecule has 1 aliphatic heterocycles. The van der Waals surface area contributed by atoms with Crippen LogP contribution in [0.25, 0.3) is 0 Å². The van der Waals surface area contributed by atoms with Crippen LogP contribution in [0, 0.1) is 5.92 Å². The van der Waals surface area contributed by atoms with Crippen molar-refractivity contribution in [3.8, 4) is 11.5 Å². The summed E-state index contributed by atoms with van der Waals surface area (Å²) in [7, 11) is 0. The number of ether oxygens (including phenoxy) is 1. The summed E-state index contributed by atoms with van der Waals surface area (Å²) in [5.74, 6) is 1.20. The summed E-state index contributed by atoms with van der Waals surface area (Å²) < 4.78 is 20.4. The van der Waals surface area contributed by atoms with Gasteiger partial charge in [-0.05, 0) is 55.4 Å². The molecule has 0 amide bonds. The van der Waals surface area contributed by atoms with Crippen LogP contribution in [0.1, 0.15) is 90.2 Å². The third kappa shape index (κ3) is 4.02. The third-order valence-corrected chi connectivity index (χ3v) is 6.68. The molecule has 0 aromatic heterocycles. The van der Waals surface area contributed by atoms with Crippen molar-refractivity contribution in [1.82, 2.24) is 0 Å². The predicted octanol–water partition coefficient (Wildman–Crippen LogP) is 6.81. The molecule has 0 bridgehead atoms. The summed E-state index contributed by atoms with van der Waals surface area (Å²) in [5, 5.41) is 10.9. The number of benzene rings is 1. The first-order valence-electron chi connectivity index (χ1n) is 10.6. The zero-order valence-corrected chi connectivity index (χ0v) is 17.5. The van der Waals surface area contributed by atoms with Crippen molar-refractivity contribution >= 4 is 0 Å². The molecule has 3 unspecified atom stereocenters. The average molecular weight is 375 g/mol. The highest BCUT2D eigenvalue weighted by molar-refractivity contribution is 5.54. The molecule has 0 spiro atoms. The number of rotatable bonds is 6. The second kappa shape index (κ2) is 7.85. The van der Waals surface area contributed by atoms with E-state index in [1.165, 1.54) is 25.7 Å². The SMILES string of the molecule is CCCCCCC(C)(C)c1cc(O)c2c(c1)OC(C)[C@@H]1CC(F)C(C)=CC21. The molecule has 3 heteroatoms. The van der Waals surface area contributed by atoms with Crippen molar-refractivity contribution in [1.29, 1.82) is 0 Å². The van der Waals surface area contributed by atoms with Crippen LogP contribution in [0.3, 0.4) is 0 Å². The lowest BCUT2D eigenvalue weighted by Crippen LogP contribution is -2.38. The van der Waals surface area contributed by atoms with Crippen LogP contribution in [0.2, 0.25) is 0 Å². The molecule has 1 aromatic rings. The van der Waals surface area contributed by atoms with Gasteiger partial charge in [-0.15, -0.1) is 0 Å². The van der Waals surface area contributed by atoms with E-state index in [-0.39, 0.29) is 23.4 Å². The first-order valence-corrected chi connectivity index (χ1v) is 10.6. The fourth-order valence-electron chi connectivity index (χ4n) is 4.72. The summed E-state index contributed by atoms with van der Waals surface area (Å²) in [6, 6.07) is 4.03. The number of phenolic OH excluding ortho intramolecular Hbond substituents is 1. The number of unbranched alkanes of at least 4 members (excludes halogenated alkanes) is 3. The molecule has 2 aliphatic rings. The molecule has 0 fully saturated rings. The Morgan fingerprint density at radius 2 is 1.96 bits per heavy atom. The summed E-state index contributed by atoms with van der Waals surface area (Å²) in [4.78, 5) is 0. The molecule has 1 heterocycles. The van der Waals surface area contributed by atoms with Crippen LogP contribution in [0.15, 0.2) is 23.8 Å². The van der Waals surface area contributed by atoms with E-state index in [9.17, 15) is 9.50 Å². The van der Waals surface area contributed by atoms with Gasteiger partial charge in [-0.2, -0.15) is 0 Å². The summed E-state index contributed by atoms with van der Waals surface area (Å²) in [6.07, 6.45) is 7.58. The molecule has 2 nitrogen and oxygen atoms in total. The lowest BCUT2D eigenvalue weighted by atomic mass is 9.71. The third-order valence-electron chi connectivity index (χ3n) is 6.68. The minimum atomic E-state index is -0.901. The Balaban J connectivity index is 1.91. The minimum Gasteiger partial charge on any atom is -0.507 e. The molecule has 0 saturated heterocycles. The monoisotopic (exact) mass is 374 g/mol. The number of aromatic hydroxyl groups is 1. The van der Waals surface area contributed by atoms with Crippen LogP contribution in [-0.2, 0) is 5.41 Å². The van der Waals surface area contributed by atoms with E-state index < -0.39 is 6.17 Å². The van der Waals surface area contributed by atoms with Crippen LogP contribution >= 0.6 is 0 Å². The van der Waals surface area contributed by atoms with Gasteiger partial charge in [0.25, 0.3) is 0 Å². The maximum absolute atomic E-state index is 14.2. The minimum absolute atomic E-state index is 0.00788. The second-order valence-corrected chi connectivity index (χ2v) is 9.23. The first-order chi connectivity index (χ1) is 12.7. The van der Waals surface area contributed by atoms with E-state index in [4.69, 9.17) is 4.74 Å². The van der Waals surface area contributed by atoms with E-state index in [1.807, 2.05) is 26.0 Å². The quantitative estimate of drug-likeness (QED) is 0.438. The molecule has 27 heavy (non-hydrogen) atoms. The Morgan fingerprint density at radius 1 is 1.22 bits per heavy atom. The molecular formula is C24H35FO2.